The highest BCUT2D eigenvalue weighted by Crippen LogP contribution is 2.28. The van der Waals surface area contributed by atoms with Gasteiger partial charge in [0, 0.05) is 43.5 Å². The highest BCUT2D eigenvalue weighted by atomic mass is 127. The van der Waals surface area contributed by atoms with Gasteiger partial charge < -0.3 is 20.9 Å². The van der Waals surface area contributed by atoms with Crippen LogP contribution in [0.15, 0.2) is 29.3 Å². The molecule has 160 valence electrons. The molecule has 2 unspecified atom stereocenters. The van der Waals surface area contributed by atoms with E-state index >= 15 is 0 Å². The van der Waals surface area contributed by atoms with Gasteiger partial charge in [-0.05, 0) is 43.2 Å². The number of halogens is 1. The first-order chi connectivity index (χ1) is 13.6. The highest BCUT2D eigenvalue weighted by molar-refractivity contribution is 14.0. The van der Waals surface area contributed by atoms with Gasteiger partial charge in [0.25, 0.3) is 5.91 Å². The maximum absolute atomic E-state index is 12.5. The molecule has 2 atom stereocenters. The van der Waals surface area contributed by atoms with E-state index in [1.807, 2.05) is 36.0 Å². The molecule has 1 aliphatic carbocycles. The van der Waals surface area contributed by atoms with E-state index in [-0.39, 0.29) is 42.3 Å². The van der Waals surface area contributed by atoms with Gasteiger partial charge in [0.2, 0.25) is 5.91 Å². The Labute approximate surface area is 193 Å². The molecule has 0 bridgehead atoms. The van der Waals surface area contributed by atoms with Crippen LogP contribution in [0.4, 0.5) is 0 Å². The topological polar surface area (TPSA) is 85.8 Å². The lowest BCUT2D eigenvalue weighted by molar-refractivity contribution is -0.123. The number of rotatable bonds is 5. The van der Waals surface area contributed by atoms with Crippen LogP contribution < -0.4 is 16.0 Å². The number of aliphatic imine (C=N–C) groups is 1. The number of nitrogens with zero attached hydrogens (tertiary/aromatic N) is 2. The molecule has 3 rings (SSSR count). The summed E-state index contributed by atoms with van der Waals surface area (Å²) in [7, 11) is 1.78. The van der Waals surface area contributed by atoms with Gasteiger partial charge >= 0.3 is 0 Å². The summed E-state index contributed by atoms with van der Waals surface area (Å²) in [5, 5.41) is 10.3. The molecule has 2 fully saturated rings. The molecular weight excluding hydrogens is 501 g/mol. The third-order valence-electron chi connectivity index (χ3n) is 5.27. The Balaban J connectivity index is 0.00000300. The molecule has 1 heterocycles. The average molecular weight is 531 g/mol. The van der Waals surface area contributed by atoms with Crippen molar-refractivity contribution in [2.24, 2.45) is 4.99 Å². The number of amides is 2. The fourth-order valence-electron chi connectivity index (χ4n) is 3.62. The number of hydrogen-bond donors (Lipinski definition) is 3. The molecule has 0 spiro atoms. The lowest BCUT2D eigenvalue weighted by Gasteiger charge is -2.26. The summed E-state index contributed by atoms with van der Waals surface area (Å²) in [6.45, 7) is 1.83. The third kappa shape index (κ3) is 6.77. The Morgan fingerprint density at radius 3 is 2.69 bits per heavy atom. The Hall–Kier alpha value is -1.49. The normalized spacial score (nSPS) is 21.9. The summed E-state index contributed by atoms with van der Waals surface area (Å²) in [4.78, 5) is 29.9. The van der Waals surface area contributed by atoms with E-state index in [1.165, 1.54) is 19.3 Å². The summed E-state index contributed by atoms with van der Waals surface area (Å²) < 4.78 is 0. The smallest absolute Gasteiger partial charge is 0.254 e. The highest BCUT2D eigenvalue weighted by Gasteiger charge is 2.24. The predicted molar refractivity (Wildman–Crippen MR) is 129 cm³/mol. The van der Waals surface area contributed by atoms with E-state index in [0.717, 1.165) is 16.8 Å². The SMILES string of the molecule is CN=C(NCc1ccc(C(=O)N2CCNC(=O)C2)cc1)NC1CCC(SC)C1.I. The van der Waals surface area contributed by atoms with E-state index in [4.69, 9.17) is 0 Å². The van der Waals surface area contributed by atoms with Gasteiger partial charge in [-0.2, -0.15) is 11.8 Å². The molecule has 9 heteroatoms. The largest absolute Gasteiger partial charge is 0.354 e. The number of thioether (sulfide) groups is 1. The number of guanidine groups is 1. The van der Waals surface area contributed by atoms with Gasteiger partial charge in [0.05, 0.1) is 6.54 Å². The van der Waals surface area contributed by atoms with Gasteiger partial charge in [-0.15, -0.1) is 24.0 Å². The van der Waals surface area contributed by atoms with Crippen molar-refractivity contribution in [2.75, 3.05) is 32.9 Å². The van der Waals surface area contributed by atoms with Crippen molar-refractivity contribution in [3.63, 3.8) is 0 Å². The van der Waals surface area contributed by atoms with Crippen LogP contribution in [-0.2, 0) is 11.3 Å². The minimum Gasteiger partial charge on any atom is -0.354 e. The zero-order valence-electron chi connectivity index (χ0n) is 16.9. The number of benzene rings is 1. The molecule has 1 saturated heterocycles. The number of carbonyl (C=O) groups excluding carboxylic acids is 2. The minimum absolute atomic E-state index is 0. The van der Waals surface area contributed by atoms with Crippen molar-refractivity contribution in [1.29, 1.82) is 0 Å². The van der Waals surface area contributed by atoms with Crippen molar-refractivity contribution in [2.45, 2.75) is 37.1 Å². The second kappa shape index (κ2) is 11.6. The summed E-state index contributed by atoms with van der Waals surface area (Å²) in [5.41, 5.74) is 1.68. The molecule has 1 saturated carbocycles. The molecule has 3 N–H and O–H groups in total. The van der Waals surface area contributed by atoms with Crippen LogP contribution in [0.3, 0.4) is 0 Å². The monoisotopic (exact) mass is 531 g/mol. The standard InChI is InChI=1S/C20H29N5O2S.HI/c1-21-20(24-16-7-8-17(11-16)28-2)23-12-14-3-5-15(6-4-14)19(27)25-10-9-22-18(26)13-25;/h3-6,16-17H,7-13H2,1-2H3,(H,22,26)(H2,21,23,24);1H. The van der Waals surface area contributed by atoms with Crippen LogP contribution in [-0.4, -0.2) is 66.9 Å². The Bertz CT molecular complexity index is 728. The van der Waals surface area contributed by atoms with E-state index < -0.39 is 0 Å². The van der Waals surface area contributed by atoms with Gasteiger partial charge in [0.1, 0.15) is 0 Å². The van der Waals surface area contributed by atoms with Gasteiger partial charge in [-0.3, -0.25) is 14.6 Å². The summed E-state index contributed by atoms with van der Waals surface area (Å²) in [6.07, 6.45) is 5.78. The third-order valence-corrected chi connectivity index (χ3v) is 6.36. The number of carbonyl (C=O) groups is 2. The first kappa shape index (κ1) is 23.8. The van der Waals surface area contributed by atoms with E-state index in [9.17, 15) is 9.59 Å². The second-order valence-electron chi connectivity index (χ2n) is 7.21. The second-order valence-corrected chi connectivity index (χ2v) is 8.35. The first-order valence-corrected chi connectivity index (χ1v) is 11.0. The fourth-order valence-corrected chi connectivity index (χ4v) is 4.42. The van der Waals surface area contributed by atoms with Crippen LogP contribution in [0.2, 0.25) is 0 Å². The Morgan fingerprint density at radius 2 is 2.07 bits per heavy atom. The number of hydrogen-bond acceptors (Lipinski definition) is 4. The lowest BCUT2D eigenvalue weighted by atomic mass is 10.1. The average Bonchev–Trinajstić information content (AvgIpc) is 3.18. The Kier molecular flexibility index (Phi) is 9.54. The zero-order valence-corrected chi connectivity index (χ0v) is 20.1. The summed E-state index contributed by atoms with van der Waals surface area (Å²) in [5.74, 6) is 0.605. The Morgan fingerprint density at radius 1 is 1.31 bits per heavy atom. The maximum atomic E-state index is 12.5. The van der Waals surface area contributed by atoms with Gasteiger partial charge in [0.15, 0.2) is 5.96 Å². The molecule has 0 aromatic heterocycles. The molecule has 29 heavy (non-hydrogen) atoms. The van der Waals surface area contributed by atoms with Crippen molar-refractivity contribution >= 4 is 53.5 Å². The summed E-state index contributed by atoms with van der Waals surface area (Å²) >= 11 is 1.94. The van der Waals surface area contributed by atoms with E-state index in [0.29, 0.717) is 31.2 Å². The molecule has 2 aliphatic rings. The van der Waals surface area contributed by atoms with Crippen LogP contribution in [0.1, 0.15) is 35.2 Å². The van der Waals surface area contributed by atoms with Crippen LogP contribution >= 0.6 is 35.7 Å². The van der Waals surface area contributed by atoms with Gasteiger partial charge in [-0.25, -0.2) is 0 Å². The molecule has 1 aliphatic heterocycles. The minimum atomic E-state index is -0.106. The summed E-state index contributed by atoms with van der Waals surface area (Å²) in [6, 6.07) is 8.00. The molecule has 2 amide bonds. The quantitative estimate of drug-likeness (QED) is 0.307. The van der Waals surface area contributed by atoms with Crippen molar-refractivity contribution in [1.82, 2.24) is 20.9 Å². The molecular formula is C20H30IN5O2S. The first-order valence-electron chi connectivity index (χ1n) is 9.74. The molecule has 1 aromatic carbocycles. The molecule has 0 radical (unpaired) electrons. The van der Waals surface area contributed by atoms with E-state index in [1.54, 1.807) is 11.9 Å². The van der Waals surface area contributed by atoms with Crippen LogP contribution in [0.25, 0.3) is 0 Å². The molecule has 1 aromatic rings. The number of piperazine rings is 1. The predicted octanol–water partition coefficient (Wildman–Crippen LogP) is 1.83. The zero-order chi connectivity index (χ0) is 19.9. The lowest BCUT2D eigenvalue weighted by Crippen LogP contribution is -2.49. The van der Waals surface area contributed by atoms with Crippen LogP contribution in [0, 0.1) is 0 Å². The maximum Gasteiger partial charge on any atom is 0.254 e. The van der Waals surface area contributed by atoms with Gasteiger partial charge in [-0.1, -0.05) is 12.1 Å². The fraction of sp³-hybridized carbons (Fsp3) is 0.550. The van der Waals surface area contributed by atoms with Crippen molar-refractivity contribution in [3.05, 3.63) is 35.4 Å². The van der Waals surface area contributed by atoms with Crippen molar-refractivity contribution < 1.29 is 9.59 Å². The van der Waals surface area contributed by atoms with E-state index in [2.05, 4.69) is 27.2 Å². The van der Waals surface area contributed by atoms with Crippen LogP contribution in [0.5, 0.6) is 0 Å². The number of nitrogens with one attached hydrogen (secondary N) is 3. The molecule has 7 nitrogen and oxygen atoms in total. The van der Waals surface area contributed by atoms with Crippen molar-refractivity contribution in [3.8, 4) is 0 Å².